The van der Waals surface area contributed by atoms with Crippen LogP contribution in [0.15, 0.2) is 0 Å². The van der Waals surface area contributed by atoms with E-state index in [0.29, 0.717) is 12.5 Å². The molecule has 5 heteroatoms. The molecule has 0 atom stereocenters. The van der Waals surface area contributed by atoms with Gasteiger partial charge in [0.25, 0.3) is 0 Å². The molecule has 110 valence electrons. The Bertz CT molecular complexity index is 297. The summed E-state index contributed by atoms with van der Waals surface area (Å²) < 4.78 is 5.15. The van der Waals surface area contributed by atoms with Crippen LogP contribution in [-0.4, -0.2) is 73.9 Å². The number of methoxy groups -OCH3 is 1. The Labute approximate surface area is 115 Å². The van der Waals surface area contributed by atoms with Gasteiger partial charge < -0.3 is 14.7 Å². The molecule has 0 radical (unpaired) electrons. The van der Waals surface area contributed by atoms with Crippen molar-refractivity contribution in [1.29, 1.82) is 0 Å². The fraction of sp³-hybridized carbons (Fsp3) is 0.929. The first-order valence-corrected chi connectivity index (χ1v) is 7.33. The minimum atomic E-state index is -0.130. The molecule has 0 spiro atoms. The van der Waals surface area contributed by atoms with Gasteiger partial charge in [-0.3, -0.25) is 9.69 Å². The Morgan fingerprint density at radius 2 is 1.95 bits per heavy atom. The van der Waals surface area contributed by atoms with Gasteiger partial charge in [-0.2, -0.15) is 0 Å². The Hall–Kier alpha value is -0.650. The summed E-state index contributed by atoms with van der Waals surface area (Å²) >= 11 is 0. The van der Waals surface area contributed by atoms with E-state index >= 15 is 0 Å². The second kappa shape index (κ2) is 6.68. The van der Waals surface area contributed by atoms with E-state index in [9.17, 15) is 4.79 Å². The Morgan fingerprint density at radius 1 is 1.26 bits per heavy atom. The van der Waals surface area contributed by atoms with Crippen LogP contribution in [0.25, 0.3) is 0 Å². The standard InChI is InChI=1S/C14H26N2O3/c1-19-12-5-14(3-2-4-14)13(18)16-8-6-15(7-9-16)10-11-17/h17H,2-12H2,1H3. The molecule has 0 aromatic carbocycles. The van der Waals surface area contributed by atoms with Gasteiger partial charge in [0.05, 0.1) is 12.0 Å². The highest BCUT2D eigenvalue weighted by Crippen LogP contribution is 2.45. The van der Waals surface area contributed by atoms with Crippen LogP contribution in [0.5, 0.6) is 0 Å². The molecular weight excluding hydrogens is 244 g/mol. The lowest BCUT2D eigenvalue weighted by molar-refractivity contribution is -0.151. The van der Waals surface area contributed by atoms with E-state index in [1.807, 2.05) is 4.90 Å². The number of ether oxygens (including phenoxy) is 1. The van der Waals surface area contributed by atoms with Gasteiger partial charge in [-0.05, 0) is 19.3 Å². The van der Waals surface area contributed by atoms with E-state index in [-0.39, 0.29) is 12.0 Å². The van der Waals surface area contributed by atoms with E-state index in [1.165, 1.54) is 6.42 Å². The van der Waals surface area contributed by atoms with Crippen LogP contribution < -0.4 is 0 Å². The fourth-order valence-corrected chi connectivity index (χ4v) is 3.12. The van der Waals surface area contributed by atoms with Crippen molar-refractivity contribution in [3.63, 3.8) is 0 Å². The molecule has 1 aliphatic carbocycles. The predicted octanol–water partition coefficient (Wildman–Crippen LogP) is 0.330. The minimum absolute atomic E-state index is 0.130. The number of carbonyl (C=O) groups is 1. The summed E-state index contributed by atoms with van der Waals surface area (Å²) in [5.74, 6) is 0.333. The van der Waals surface area contributed by atoms with Crippen molar-refractivity contribution in [2.45, 2.75) is 25.7 Å². The van der Waals surface area contributed by atoms with Crippen molar-refractivity contribution in [3.8, 4) is 0 Å². The van der Waals surface area contributed by atoms with Crippen LogP contribution in [0.4, 0.5) is 0 Å². The number of aliphatic hydroxyl groups excluding tert-OH is 1. The van der Waals surface area contributed by atoms with Gasteiger partial charge in [0.2, 0.25) is 5.91 Å². The van der Waals surface area contributed by atoms with Gasteiger partial charge in [-0.25, -0.2) is 0 Å². The zero-order valence-electron chi connectivity index (χ0n) is 11.9. The minimum Gasteiger partial charge on any atom is -0.395 e. The number of hydrogen-bond donors (Lipinski definition) is 1. The Kier molecular flexibility index (Phi) is 5.19. The lowest BCUT2D eigenvalue weighted by atomic mass is 9.65. The number of piperazine rings is 1. The van der Waals surface area contributed by atoms with E-state index in [2.05, 4.69) is 4.90 Å². The average molecular weight is 270 g/mol. The highest BCUT2D eigenvalue weighted by atomic mass is 16.5. The smallest absolute Gasteiger partial charge is 0.228 e. The highest BCUT2D eigenvalue weighted by molar-refractivity contribution is 5.83. The predicted molar refractivity (Wildman–Crippen MR) is 72.9 cm³/mol. The Morgan fingerprint density at radius 3 is 2.42 bits per heavy atom. The molecule has 0 bridgehead atoms. The summed E-state index contributed by atoms with van der Waals surface area (Å²) in [7, 11) is 1.70. The van der Waals surface area contributed by atoms with Gasteiger partial charge in [0, 0.05) is 46.4 Å². The summed E-state index contributed by atoms with van der Waals surface area (Å²) in [6.45, 7) is 4.96. The van der Waals surface area contributed by atoms with Crippen molar-refractivity contribution in [1.82, 2.24) is 9.80 Å². The zero-order valence-corrected chi connectivity index (χ0v) is 11.9. The summed E-state index contributed by atoms with van der Waals surface area (Å²) in [6, 6.07) is 0. The fourth-order valence-electron chi connectivity index (χ4n) is 3.12. The van der Waals surface area contributed by atoms with Gasteiger partial charge in [0.1, 0.15) is 0 Å². The molecule has 1 saturated carbocycles. The molecule has 1 heterocycles. The first kappa shape index (κ1) is 14.8. The Balaban J connectivity index is 1.86. The average Bonchev–Trinajstić information content (AvgIpc) is 2.39. The highest BCUT2D eigenvalue weighted by Gasteiger charge is 2.46. The lowest BCUT2D eigenvalue weighted by Gasteiger charge is -2.45. The summed E-state index contributed by atoms with van der Waals surface area (Å²) in [5.41, 5.74) is -0.130. The maximum atomic E-state index is 12.7. The number of aliphatic hydroxyl groups is 1. The third kappa shape index (κ3) is 3.27. The number of rotatable bonds is 6. The molecule has 1 amide bonds. The molecule has 0 aromatic rings. The second-order valence-corrected chi connectivity index (χ2v) is 5.73. The second-order valence-electron chi connectivity index (χ2n) is 5.73. The van der Waals surface area contributed by atoms with Gasteiger partial charge in [-0.15, -0.1) is 0 Å². The van der Waals surface area contributed by atoms with Gasteiger partial charge in [-0.1, -0.05) is 6.42 Å². The third-order valence-electron chi connectivity index (χ3n) is 4.62. The van der Waals surface area contributed by atoms with E-state index < -0.39 is 0 Å². The van der Waals surface area contributed by atoms with E-state index in [0.717, 1.165) is 52.0 Å². The van der Waals surface area contributed by atoms with Crippen LogP contribution in [0.3, 0.4) is 0 Å². The van der Waals surface area contributed by atoms with Crippen molar-refractivity contribution < 1.29 is 14.6 Å². The van der Waals surface area contributed by atoms with Gasteiger partial charge in [0.15, 0.2) is 0 Å². The summed E-state index contributed by atoms with van der Waals surface area (Å²) in [6.07, 6.45) is 4.07. The number of β-amino-alcohol motifs (C(OH)–C–C–N with tert-alkyl or cyclic N) is 1. The van der Waals surface area contributed by atoms with Gasteiger partial charge >= 0.3 is 0 Å². The molecule has 0 unspecified atom stereocenters. The number of carbonyl (C=O) groups excluding carboxylic acids is 1. The maximum absolute atomic E-state index is 12.7. The molecule has 1 saturated heterocycles. The molecule has 1 aliphatic heterocycles. The van der Waals surface area contributed by atoms with Crippen molar-refractivity contribution in [3.05, 3.63) is 0 Å². The third-order valence-corrected chi connectivity index (χ3v) is 4.62. The molecule has 1 N–H and O–H groups in total. The molecule has 2 fully saturated rings. The summed E-state index contributed by atoms with van der Waals surface area (Å²) in [4.78, 5) is 16.9. The summed E-state index contributed by atoms with van der Waals surface area (Å²) in [5, 5.41) is 8.93. The number of hydrogen-bond acceptors (Lipinski definition) is 4. The molecule has 19 heavy (non-hydrogen) atoms. The quantitative estimate of drug-likeness (QED) is 0.756. The monoisotopic (exact) mass is 270 g/mol. The largest absolute Gasteiger partial charge is 0.395 e. The zero-order chi connectivity index (χ0) is 13.7. The van der Waals surface area contributed by atoms with Crippen molar-refractivity contribution in [2.24, 2.45) is 5.41 Å². The van der Waals surface area contributed by atoms with Crippen LogP contribution >= 0.6 is 0 Å². The SMILES string of the molecule is COCCC1(C(=O)N2CCN(CCO)CC2)CCC1. The van der Waals surface area contributed by atoms with Crippen molar-refractivity contribution >= 4 is 5.91 Å². The molecule has 2 rings (SSSR count). The van der Waals surface area contributed by atoms with E-state index in [1.54, 1.807) is 7.11 Å². The number of nitrogens with zero attached hydrogens (tertiary/aromatic N) is 2. The van der Waals surface area contributed by atoms with Crippen LogP contribution in [-0.2, 0) is 9.53 Å². The molecule has 5 nitrogen and oxygen atoms in total. The van der Waals surface area contributed by atoms with Crippen LogP contribution in [0, 0.1) is 5.41 Å². The molecular formula is C14H26N2O3. The van der Waals surface area contributed by atoms with E-state index in [4.69, 9.17) is 9.84 Å². The lowest BCUT2D eigenvalue weighted by Crippen LogP contribution is -2.55. The normalized spacial score (nSPS) is 23.2. The topological polar surface area (TPSA) is 53.0 Å². The van der Waals surface area contributed by atoms with Crippen molar-refractivity contribution in [2.75, 3.05) is 53.0 Å². The first-order valence-electron chi connectivity index (χ1n) is 7.33. The van der Waals surface area contributed by atoms with Crippen LogP contribution in [0.2, 0.25) is 0 Å². The van der Waals surface area contributed by atoms with Crippen LogP contribution in [0.1, 0.15) is 25.7 Å². The number of amides is 1. The first-order chi connectivity index (χ1) is 9.22. The molecule has 2 aliphatic rings. The maximum Gasteiger partial charge on any atom is 0.228 e. The molecule has 0 aromatic heterocycles.